The number of aryl methyl sites for hydroxylation is 1. The average molecular weight is 321 g/mol. The molecule has 0 spiro atoms. The molecule has 1 aromatic heterocycles. The summed E-state index contributed by atoms with van der Waals surface area (Å²) in [6.07, 6.45) is 2.32. The molecular formula is C17H21ClN2S. The van der Waals surface area contributed by atoms with Gasteiger partial charge in [0.25, 0.3) is 0 Å². The first-order valence-electron chi connectivity index (χ1n) is 7.37. The van der Waals surface area contributed by atoms with Crippen LogP contribution in [0.1, 0.15) is 34.5 Å². The lowest BCUT2D eigenvalue weighted by Gasteiger charge is -2.26. The minimum Gasteiger partial charge on any atom is -0.308 e. The van der Waals surface area contributed by atoms with Gasteiger partial charge in [0.05, 0.1) is 4.34 Å². The molecule has 112 valence electrons. The Hall–Kier alpha value is -0.870. The highest BCUT2D eigenvalue weighted by Gasteiger charge is 2.27. The number of nitrogens with zero attached hydrogens (tertiary/aromatic N) is 1. The van der Waals surface area contributed by atoms with Gasteiger partial charge in [0, 0.05) is 23.5 Å². The van der Waals surface area contributed by atoms with Gasteiger partial charge in [0.2, 0.25) is 0 Å². The fraction of sp³-hybridized carbons (Fsp3) is 0.412. The van der Waals surface area contributed by atoms with Crippen molar-refractivity contribution in [2.24, 2.45) is 0 Å². The van der Waals surface area contributed by atoms with Gasteiger partial charge in [0.1, 0.15) is 0 Å². The van der Waals surface area contributed by atoms with Crippen LogP contribution in [0.15, 0.2) is 36.4 Å². The number of thiophene rings is 1. The number of benzene rings is 1. The summed E-state index contributed by atoms with van der Waals surface area (Å²) in [6.45, 7) is 0.994. The van der Waals surface area contributed by atoms with E-state index in [1.54, 1.807) is 11.3 Å². The number of hydrogen-bond donors (Lipinski definition) is 1. The van der Waals surface area contributed by atoms with E-state index in [2.05, 4.69) is 60.7 Å². The van der Waals surface area contributed by atoms with Crippen LogP contribution in [0, 0.1) is 0 Å². The van der Waals surface area contributed by atoms with Gasteiger partial charge in [-0.2, -0.15) is 0 Å². The van der Waals surface area contributed by atoms with Crippen LogP contribution < -0.4 is 5.32 Å². The van der Waals surface area contributed by atoms with E-state index in [4.69, 9.17) is 11.6 Å². The molecule has 0 saturated carbocycles. The Labute approximate surface area is 135 Å². The molecule has 1 aromatic carbocycles. The predicted octanol–water partition coefficient (Wildman–Crippen LogP) is 4.28. The van der Waals surface area contributed by atoms with Gasteiger partial charge < -0.3 is 10.2 Å². The van der Waals surface area contributed by atoms with E-state index < -0.39 is 0 Å². The van der Waals surface area contributed by atoms with E-state index in [1.165, 1.54) is 22.4 Å². The van der Waals surface area contributed by atoms with Crippen LogP contribution >= 0.6 is 22.9 Å². The SMILES string of the molecule is CN(C)CC(NC1CCc2sc(Cl)cc21)c1ccccc1. The molecule has 0 bridgehead atoms. The van der Waals surface area contributed by atoms with Gasteiger partial charge in [0.15, 0.2) is 0 Å². The van der Waals surface area contributed by atoms with Crippen molar-refractivity contribution in [3.8, 4) is 0 Å². The normalized spacial score (nSPS) is 19.0. The van der Waals surface area contributed by atoms with E-state index in [0.29, 0.717) is 12.1 Å². The summed E-state index contributed by atoms with van der Waals surface area (Å²) in [5.74, 6) is 0. The molecule has 3 rings (SSSR count). The molecule has 4 heteroatoms. The number of hydrogen-bond acceptors (Lipinski definition) is 3. The Morgan fingerprint density at radius 2 is 2.10 bits per heavy atom. The van der Waals surface area contributed by atoms with Crippen LogP contribution in [0.5, 0.6) is 0 Å². The topological polar surface area (TPSA) is 15.3 Å². The summed E-state index contributed by atoms with van der Waals surface area (Å²) < 4.78 is 0.912. The Balaban J connectivity index is 1.79. The van der Waals surface area contributed by atoms with Gasteiger partial charge in [-0.25, -0.2) is 0 Å². The summed E-state index contributed by atoms with van der Waals surface area (Å²) in [5, 5.41) is 3.84. The number of likely N-dealkylation sites (N-methyl/N-ethyl adjacent to an activating group) is 1. The van der Waals surface area contributed by atoms with Crippen LogP contribution in [0.2, 0.25) is 4.34 Å². The molecule has 1 aliphatic rings. The van der Waals surface area contributed by atoms with Gasteiger partial charge in [-0.1, -0.05) is 41.9 Å². The summed E-state index contributed by atoms with van der Waals surface area (Å²) in [6, 6.07) is 13.6. The molecule has 1 heterocycles. The highest BCUT2D eigenvalue weighted by atomic mass is 35.5. The smallest absolute Gasteiger partial charge is 0.0934 e. The molecule has 2 atom stereocenters. The third-order valence-corrected chi connectivity index (χ3v) is 5.34. The van der Waals surface area contributed by atoms with E-state index in [-0.39, 0.29) is 0 Å². The Morgan fingerprint density at radius 3 is 2.81 bits per heavy atom. The fourth-order valence-electron chi connectivity index (χ4n) is 3.05. The molecule has 0 amide bonds. The molecule has 1 N–H and O–H groups in total. The van der Waals surface area contributed by atoms with E-state index in [9.17, 15) is 0 Å². The predicted molar refractivity (Wildman–Crippen MR) is 91.3 cm³/mol. The lowest BCUT2D eigenvalue weighted by molar-refractivity contribution is 0.319. The second-order valence-electron chi connectivity index (χ2n) is 5.91. The summed E-state index contributed by atoms with van der Waals surface area (Å²) in [7, 11) is 4.25. The van der Waals surface area contributed by atoms with Crippen LogP contribution in [0.25, 0.3) is 0 Å². The minimum atomic E-state index is 0.343. The Bertz CT molecular complexity index is 594. The van der Waals surface area contributed by atoms with Crippen LogP contribution in [-0.2, 0) is 6.42 Å². The maximum Gasteiger partial charge on any atom is 0.0934 e. The zero-order valence-corrected chi connectivity index (χ0v) is 14.0. The van der Waals surface area contributed by atoms with Crippen LogP contribution in [0.3, 0.4) is 0 Å². The molecule has 2 unspecified atom stereocenters. The zero-order valence-electron chi connectivity index (χ0n) is 12.5. The lowest BCUT2D eigenvalue weighted by Crippen LogP contribution is -2.33. The molecule has 0 radical (unpaired) electrons. The molecule has 2 aromatic rings. The second-order valence-corrected chi connectivity index (χ2v) is 7.68. The van der Waals surface area contributed by atoms with Crippen molar-refractivity contribution >= 4 is 22.9 Å². The number of halogens is 1. The third-order valence-electron chi connectivity index (χ3n) is 4.00. The highest BCUT2D eigenvalue weighted by molar-refractivity contribution is 7.16. The van der Waals surface area contributed by atoms with E-state index in [0.717, 1.165) is 17.3 Å². The van der Waals surface area contributed by atoms with Gasteiger partial charge >= 0.3 is 0 Å². The standard InChI is InChI=1S/C17H21ClN2S/c1-20(2)11-15(12-6-4-3-5-7-12)19-14-8-9-16-13(14)10-17(18)21-16/h3-7,10,14-15,19H,8-9,11H2,1-2H3. The quantitative estimate of drug-likeness (QED) is 0.884. The van der Waals surface area contributed by atoms with Crippen LogP contribution in [0.4, 0.5) is 0 Å². The van der Waals surface area contributed by atoms with Crippen molar-refractivity contribution in [3.63, 3.8) is 0 Å². The van der Waals surface area contributed by atoms with Gasteiger partial charge in [-0.3, -0.25) is 0 Å². The number of rotatable bonds is 5. The van der Waals surface area contributed by atoms with Crippen molar-refractivity contribution in [3.05, 3.63) is 56.7 Å². The first-order valence-corrected chi connectivity index (χ1v) is 8.57. The van der Waals surface area contributed by atoms with Crippen molar-refractivity contribution in [1.29, 1.82) is 0 Å². The average Bonchev–Trinajstić information content (AvgIpc) is 2.99. The summed E-state index contributed by atoms with van der Waals surface area (Å²) >= 11 is 7.90. The monoisotopic (exact) mass is 320 g/mol. The van der Waals surface area contributed by atoms with Crippen molar-refractivity contribution in [1.82, 2.24) is 10.2 Å². The Kier molecular flexibility index (Phi) is 4.65. The third kappa shape index (κ3) is 3.49. The largest absolute Gasteiger partial charge is 0.308 e. The lowest BCUT2D eigenvalue weighted by atomic mass is 10.0. The van der Waals surface area contributed by atoms with Crippen molar-refractivity contribution in [2.45, 2.75) is 24.9 Å². The Morgan fingerprint density at radius 1 is 1.33 bits per heavy atom. The minimum absolute atomic E-state index is 0.343. The molecular weight excluding hydrogens is 300 g/mol. The number of nitrogens with one attached hydrogen (secondary N) is 1. The van der Waals surface area contributed by atoms with Crippen LogP contribution in [-0.4, -0.2) is 25.5 Å². The van der Waals surface area contributed by atoms with Gasteiger partial charge in [-0.05, 0) is 44.1 Å². The zero-order chi connectivity index (χ0) is 14.8. The van der Waals surface area contributed by atoms with E-state index in [1.807, 2.05) is 0 Å². The van der Waals surface area contributed by atoms with Gasteiger partial charge in [-0.15, -0.1) is 11.3 Å². The molecule has 2 nitrogen and oxygen atoms in total. The van der Waals surface area contributed by atoms with Crippen molar-refractivity contribution in [2.75, 3.05) is 20.6 Å². The highest BCUT2D eigenvalue weighted by Crippen LogP contribution is 2.40. The molecule has 0 fully saturated rings. The molecule has 21 heavy (non-hydrogen) atoms. The fourth-order valence-corrected chi connectivity index (χ4v) is 4.41. The number of fused-ring (bicyclic) bond motifs is 1. The summed E-state index contributed by atoms with van der Waals surface area (Å²) in [5.41, 5.74) is 2.76. The van der Waals surface area contributed by atoms with E-state index >= 15 is 0 Å². The molecule has 0 aliphatic heterocycles. The molecule has 1 aliphatic carbocycles. The first-order chi connectivity index (χ1) is 10.1. The summed E-state index contributed by atoms with van der Waals surface area (Å²) in [4.78, 5) is 3.69. The first kappa shape index (κ1) is 15.0. The van der Waals surface area contributed by atoms with Crippen molar-refractivity contribution < 1.29 is 0 Å². The molecule has 0 saturated heterocycles. The second kappa shape index (κ2) is 6.49. The maximum atomic E-state index is 6.16. The maximum absolute atomic E-state index is 6.16.